The Kier molecular flexibility index (Phi) is 4.67. The summed E-state index contributed by atoms with van der Waals surface area (Å²) in [5.41, 5.74) is 1.59. The molecule has 1 aromatic carbocycles. The number of oxazole rings is 1. The summed E-state index contributed by atoms with van der Waals surface area (Å²) in [5, 5.41) is 3.38. The Morgan fingerprint density at radius 1 is 1.10 bits per heavy atom. The molecule has 1 N–H and O–H groups in total. The average molecular weight is 411 g/mol. The van der Waals surface area contributed by atoms with Gasteiger partial charge in [-0.05, 0) is 36.8 Å². The molecule has 29 heavy (non-hydrogen) atoms. The lowest BCUT2D eigenvalue weighted by atomic mass is 10.2. The van der Waals surface area contributed by atoms with Crippen LogP contribution in [0.2, 0.25) is 0 Å². The topological polar surface area (TPSA) is 115 Å². The highest BCUT2D eigenvalue weighted by Crippen LogP contribution is 2.25. The van der Waals surface area contributed by atoms with Gasteiger partial charge in [0.2, 0.25) is 14.9 Å². The standard InChI is InChI=1S/C20H17N3O5S/c1-12-20(27-13(2)23-12)29(25,26)16-5-3-14(4-6-16)10-22-19(24)17-9-15-7-8-21-11-18(15)28-17/h3-9,11H,10H2,1-2H3,(H,22,24). The van der Waals surface area contributed by atoms with E-state index in [1.807, 2.05) is 0 Å². The Morgan fingerprint density at radius 3 is 2.52 bits per heavy atom. The van der Waals surface area contributed by atoms with Crippen molar-refractivity contribution in [3.05, 3.63) is 71.7 Å². The average Bonchev–Trinajstić information content (AvgIpc) is 3.29. The lowest BCUT2D eigenvalue weighted by Crippen LogP contribution is -2.22. The first-order valence-electron chi connectivity index (χ1n) is 8.74. The van der Waals surface area contributed by atoms with Crippen molar-refractivity contribution < 1.29 is 22.0 Å². The molecule has 0 aliphatic heterocycles. The van der Waals surface area contributed by atoms with Gasteiger partial charge in [0.1, 0.15) is 0 Å². The highest BCUT2D eigenvalue weighted by molar-refractivity contribution is 7.91. The molecular formula is C20H17N3O5S. The number of carbonyl (C=O) groups excluding carboxylic acids is 1. The number of furan rings is 1. The van der Waals surface area contributed by atoms with Crippen LogP contribution in [0.5, 0.6) is 0 Å². The molecule has 3 aromatic heterocycles. The number of hydrogen-bond donors (Lipinski definition) is 1. The molecule has 8 nitrogen and oxygen atoms in total. The molecule has 4 aromatic rings. The zero-order chi connectivity index (χ0) is 20.6. The van der Waals surface area contributed by atoms with E-state index in [9.17, 15) is 13.2 Å². The lowest BCUT2D eigenvalue weighted by Gasteiger charge is -2.06. The van der Waals surface area contributed by atoms with Gasteiger partial charge in [-0.3, -0.25) is 9.78 Å². The first kappa shape index (κ1) is 18.9. The monoisotopic (exact) mass is 411 g/mol. The summed E-state index contributed by atoms with van der Waals surface area (Å²) in [6.45, 7) is 3.40. The van der Waals surface area contributed by atoms with Crippen molar-refractivity contribution in [2.75, 3.05) is 0 Å². The van der Waals surface area contributed by atoms with E-state index in [0.717, 1.165) is 10.9 Å². The smallest absolute Gasteiger partial charge is 0.287 e. The minimum atomic E-state index is -3.79. The van der Waals surface area contributed by atoms with Crippen LogP contribution in [0.15, 0.2) is 67.6 Å². The molecular weight excluding hydrogens is 394 g/mol. The fourth-order valence-corrected chi connectivity index (χ4v) is 4.29. The van der Waals surface area contributed by atoms with Crippen LogP contribution in [0.25, 0.3) is 11.0 Å². The Bertz CT molecular complexity index is 1270. The van der Waals surface area contributed by atoms with Crippen LogP contribution in [0, 0.1) is 13.8 Å². The number of amides is 1. The number of aromatic nitrogens is 2. The van der Waals surface area contributed by atoms with Crippen LogP contribution in [-0.4, -0.2) is 24.3 Å². The molecule has 0 bridgehead atoms. The maximum atomic E-state index is 12.7. The van der Waals surface area contributed by atoms with Crippen molar-refractivity contribution in [1.29, 1.82) is 0 Å². The lowest BCUT2D eigenvalue weighted by molar-refractivity contribution is 0.0925. The molecule has 0 saturated carbocycles. The predicted molar refractivity (Wildman–Crippen MR) is 103 cm³/mol. The SMILES string of the molecule is Cc1nc(C)c(S(=O)(=O)c2ccc(CNC(=O)c3cc4ccncc4o3)cc2)o1. The molecule has 0 aliphatic carbocycles. The molecule has 0 atom stereocenters. The van der Waals surface area contributed by atoms with Crippen LogP contribution >= 0.6 is 0 Å². The normalized spacial score (nSPS) is 11.7. The number of fused-ring (bicyclic) bond motifs is 1. The fourth-order valence-electron chi connectivity index (χ4n) is 2.92. The summed E-state index contributed by atoms with van der Waals surface area (Å²) in [6, 6.07) is 9.61. The number of nitrogens with one attached hydrogen (secondary N) is 1. The van der Waals surface area contributed by atoms with Crippen LogP contribution < -0.4 is 5.32 Å². The van der Waals surface area contributed by atoms with Gasteiger partial charge in [0, 0.05) is 25.1 Å². The Hall–Kier alpha value is -3.46. The fraction of sp³-hybridized carbons (Fsp3) is 0.150. The molecule has 3 heterocycles. The van der Waals surface area contributed by atoms with E-state index in [0.29, 0.717) is 17.2 Å². The summed E-state index contributed by atoms with van der Waals surface area (Å²) >= 11 is 0. The number of carbonyl (C=O) groups is 1. The second kappa shape index (κ2) is 7.17. The van der Waals surface area contributed by atoms with Crippen molar-refractivity contribution in [2.45, 2.75) is 30.4 Å². The summed E-state index contributed by atoms with van der Waals surface area (Å²) in [4.78, 5) is 20.4. The molecule has 0 spiro atoms. The van der Waals surface area contributed by atoms with Crippen molar-refractivity contribution >= 4 is 26.7 Å². The summed E-state index contributed by atoms with van der Waals surface area (Å²) in [7, 11) is -3.79. The molecule has 1 amide bonds. The molecule has 148 valence electrons. The molecule has 9 heteroatoms. The first-order valence-corrected chi connectivity index (χ1v) is 10.2. The summed E-state index contributed by atoms with van der Waals surface area (Å²) in [5.74, 6) is 0.107. The summed E-state index contributed by atoms with van der Waals surface area (Å²) in [6.07, 6.45) is 3.17. The Labute approximate surface area is 166 Å². The van der Waals surface area contributed by atoms with Gasteiger partial charge in [-0.25, -0.2) is 13.4 Å². The number of benzene rings is 1. The molecule has 0 radical (unpaired) electrons. The van der Waals surface area contributed by atoms with Crippen LogP contribution in [0.4, 0.5) is 0 Å². The quantitative estimate of drug-likeness (QED) is 0.536. The van der Waals surface area contributed by atoms with E-state index in [1.54, 1.807) is 50.5 Å². The predicted octanol–water partition coefficient (Wildman–Crippen LogP) is 3.20. The second-order valence-electron chi connectivity index (χ2n) is 6.46. The largest absolute Gasteiger partial charge is 0.449 e. The Balaban J connectivity index is 1.47. The first-order chi connectivity index (χ1) is 13.8. The van der Waals surface area contributed by atoms with Gasteiger partial charge in [0.05, 0.1) is 16.8 Å². The van der Waals surface area contributed by atoms with E-state index >= 15 is 0 Å². The van der Waals surface area contributed by atoms with Crippen LogP contribution in [-0.2, 0) is 16.4 Å². The highest BCUT2D eigenvalue weighted by atomic mass is 32.2. The zero-order valence-electron chi connectivity index (χ0n) is 15.7. The van der Waals surface area contributed by atoms with E-state index in [2.05, 4.69) is 15.3 Å². The van der Waals surface area contributed by atoms with Gasteiger partial charge in [-0.15, -0.1) is 0 Å². The van der Waals surface area contributed by atoms with E-state index < -0.39 is 9.84 Å². The van der Waals surface area contributed by atoms with Gasteiger partial charge < -0.3 is 14.2 Å². The van der Waals surface area contributed by atoms with Gasteiger partial charge >= 0.3 is 0 Å². The summed E-state index contributed by atoms with van der Waals surface area (Å²) < 4.78 is 36.1. The maximum absolute atomic E-state index is 12.7. The second-order valence-corrected chi connectivity index (χ2v) is 8.31. The zero-order valence-corrected chi connectivity index (χ0v) is 16.5. The number of rotatable bonds is 5. The van der Waals surface area contributed by atoms with E-state index in [4.69, 9.17) is 8.83 Å². The third-order valence-electron chi connectivity index (χ3n) is 4.34. The number of sulfone groups is 1. The van der Waals surface area contributed by atoms with Gasteiger partial charge in [-0.2, -0.15) is 0 Å². The van der Waals surface area contributed by atoms with Crippen molar-refractivity contribution in [3.8, 4) is 0 Å². The highest BCUT2D eigenvalue weighted by Gasteiger charge is 2.25. The maximum Gasteiger partial charge on any atom is 0.287 e. The number of pyridine rings is 1. The third kappa shape index (κ3) is 3.64. The van der Waals surface area contributed by atoms with Gasteiger partial charge in [-0.1, -0.05) is 12.1 Å². The van der Waals surface area contributed by atoms with Crippen molar-refractivity contribution in [2.24, 2.45) is 0 Å². The van der Waals surface area contributed by atoms with Crippen LogP contribution in [0.3, 0.4) is 0 Å². The minimum Gasteiger partial charge on any atom is -0.449 e. The number of aryl methyl sites for hydroxylation is 2. The van der Waals surface area contributed by atoms with E-state index in [1.165, 1.54) is 12.1 Å². The molecule has 0 aliphatic rings. The molecule has 0 saturated heterocycles. The number of nitrogens with zero attached hydrogens (tertiary/aromatic N) is 2. The van der Waals surface area contributed by atoms with Crippen LogP contribution in [0.1, 0.15) is 27.7 Å². The van der Waals surface area contributed by atoms with E-state index in [-0.39, 0.29) is 28.2 Å². The van der Waals surface area contributed by atoms with Crippen molar-refractivity contribution in [1.82, 2.24) is 15.3 Å². The minimum absolute atomic E-state index is 0.0941. The molecule has 4 rings (SSSR count). The van der Waals surface area contributed by atoms with Crippen molar-refractivity contribution in [3.63, 3.8) is 0 Å². The molecule has 0 unspecified atom stereocenters. The van der Waals surface area contributed by atoms with Gasteiger partial charge in [0.25, 0.3) is 5.91 Å². The Morgan fingerprint density at radius 2 is 1.86 bits per heavy atom. The molecule has 0 fully saturated rings. The van der Waals surface area contributed by atoms with Gasteiger partial charge in [0.15, 0.2) is 17.2 Å². The third-order valence-corrected chi connectivity index (χ3v) is 6.10. The number of hydrogen-bond acceptors (Lipinski definition) is 7.